The van der Waals surface area contributed by atoms with Crippen molar-refractivity contribution >= 4 is 29.4 Å². The standard InChI is InChI=1S/C27H30FN5O3S/c28-20-9-7-18(8-10-20)24-23-25(19-5-2-1-3-6-19)37-21(27(35)30-26(23)32-31-24)17-22(34)29-11-4-12-33-13-15-36-16-14-33/h1-3,5-10,21,25H,4,11-17H2,(H,29,34)(H2,30,31,32,35). The molecule has 1 fully saturated rings. The molecule has 10 heteroatoms. The number of thioether (sulfide) groups is 1. The van der Waals surface area contributed by atoms with E-state index in [4.69, 9.17) is 4.74 Å². The van der Waals surface area contributed by atoms with Gasteiger partial charge in [0.05, 0.1) is 29.4 Å². The van der Waals surface area contributed by atoms with Crippen LogP contribution in [0.25, 0.3) is 11.3 Å². The van der Waals surface area contributed by atoms with Crippen molar-refractivity contribution in [1.82, 2.24) is 20.4 Å². The molecule has 0 radical (unpaired) electrons. The van der Waals surface area contributed by atoms with E-state index >= 15 is 0 Å². The molecule has 194 valence electrons. The second-order valence-corrected chi connectivity index (χ2v) is 10.4. The average molecular weight is 524 g/mol. The van der Waals surface area contributed by atoms with Crippen LogP contribution in [0.2, 0.25) is 0 Å². The predicted molar refractivity (Wildman–Crippen MR) is 142 cm³/mol. The minimum atomic E-state index is -0.597. The van der Waals surface area contributed by atoms with Gasteiger partial charge in [-0.25, -0.2) is 4.39 Å². The van der Waals surface area contributed by atoms with Gasteiger partial charge in [-0.1, -0.05) is 30.3 Å². The third-order valence-corrected chi connectivity index (χ3v) is 8.07. The van der Waals surface area contributed by atoms with Crippen LogP contribution >= 0.6 is 11.8 Å². The summed E-state index contributed by atoms with van der Waals surface area (Å²) in [7, 11) is 0. The molecule has 3 heterocycles. The number of fused-ring (bicyclic) bond motifs is 1. The van der Waals surface area contributed by atoms with Crippen LogP contribution in [0.3, 0.4) is 0 Å². The van der Waals surface area contributed by atoms with Crippen molar-refractivity contribution in [3.63, 3.8) is 0 Å². The van der Waals surface area contributed by atoms with E-state index in [2.05, 4.69) is 25.7 Å². The second-order valence-electron chi connectivity index (χ2n) is 9.13. The fraction of sp³-hybridized carbons (Fsp3) is 0.370. The fourth-order valence-electron chi connectivity index (χ4n) is 4.64. The van der Waals surface area contributed by atoms with Gasteiger partial charge in [-0.05, 0) is 42.8 Å². The number of hydrogen-bond acceptors (Lipinski definition) is 6. The van der Waals surface area contributed by atoms with Crippen LogP contribution in [0, 0.1) is 5.82 Å². The maximum absolute atomic E-state index is 13.6. The Hall–Kier alpha value is -3.21. The summed E-state index contributed by atoms with van der Waals surface area (Å²) in [6.45, 7) is 4.82. The van der Waals surface area contributed by atoms with Crippen LogP contribution in [0.4, 0.5) is 10.2 Å². The topological polar surface area (TPSA) is 99.3 Å². The summed E-state index contributed by atoms with van der Waals surface area (Å²) in [6.07, 6.45) is 0.913. The van der Waals surface area contributed by atoms with E-state index in [0.29, 0.717) is 18.1 Å². The average Bonchev–Trinajstić information content (AvgIpc) is 3.27. The van der Waals surface area contributed by atoms with Gasteiger partial charge in [-0.15, -0.1) is 11.8 Å². The van der Waals surface area contributed by atoms with Gasteiger partial charge in [0.2, 0.25) is 11.8 Å². The van der Waals surface area contributed by atoms with E-state index in [9.17, 15) is 14.0 Å². The molecule has 3 aromatic rings. The smallest absolute Gasteiger partial charge is 0.239 e. The molecule has 37 heavy (non-hydrogen) atoms. The van der Waals surface area contributed by atoms with Crippen molar-refractivity contribution in [2.45, 2.75) is 23.3 Å². The molecule has 2 aromatic carbocycles. The molecular weight excluding hydrogens is 493 g/mol. The van der Waals surface area contributed by atoms with Crippen LogP contribution in [0.15, 0.2) is 54.6 Å². The highest BCUT2D eigenvalue weighted by Crippen LogP contribution is 2.47. The Morgan fingerprint density at radius 1 is 1.14 bits per heavy atom. The number of hydrogen-bond donors (Lipinski definition) is 3. The molecule has 5 rings (SSSR count). The fourth-order valence-corrected chi connectivity index (χ4v) is 6.08. The van der Waals surface area contributed by atoms with E-state index < -0.39 is 5.25 Å². The number of nitrogens with one attached hydrogen (secondary N) is 3. The third-order valence-electron chi connectivity index (χ3n) is 6.58. The van der Waals surface area contributed by atoms with Gasteiger partial charge in [-0.2, -0.15) is 5.10 Å². The molecule has 1 aromatic heterocycles. The first-order chi connectivity index (χ1) is 18.1. The molecular formula is C27H30FN5O3S. The van der Waals surface area contributed by atoms with Gasteiger partial charge in [-0.3, -0.25) is 19.6 Å². The van der Waals surface area contributed by atoms with E-state index in [1.165, 1.54) is 23.9 Å². The maximum atomic E-state index is 13.6. The number of aromatic amines is 1. The van der Waals surface area contributed by atoms with E-state index in [-0.39, 0.29) is 29.3 Å². The number of carbonyl (C=O) groups excluding carboxylic acids is 2. The van der Waals surface area contributed by atoms with Gasteiger partial charge in [0, 0.05) is 37.2 Å². The predicted octanol–water partition coefficient (Wildman–Crippen LogP) is 3.59. The highest BCUT2D eigenvalue weighted by atomic mass is 32.2. The number of amides is 2. The number of H-pyrrole nitrogens is 1. The summed E-state index contributed by atoms with van der Waals surface area (Å²) < 4.78 is 18.9. The molecule has 8 nitrogen and oxygen atoms in total. The van der Waals surface area contributed by atoms with Crippen molar-refractivity contribution in [3.8, 4) is 11.3 Å². The number of nitrogens with zero attached hydrogens (tertiary/aromatic N) is 2. The monoisotopic (exact) mass is 523 g/mol. The van der Waals surface area contributed by atoms with Crippen LogP contribution < -0.4 is 10.6 Å². The van der Waals surface area contributed by atoms with Gasteiger partial charge >= 0.3 is 0 Å². The van der Waals surface area contributed by atoms with Crippen LogP contribution in [-0.4, -0.2) is 71.6 Å². The zero-order chi connectivity index (χ0) is 25.6. The Kier molecular flexibility index (Phi) is 8.18. The van der Waals surface area contributed by atoms with Crippen molar-refractivity contribution in [1.29, 1.82) is 0 Å². The Balaban J connectivity index is 1.31. The molecule has 0 saturated carbocycles. The SMILES string of the molecule is O=C(CC1SC(c2ccccc2)c2c(n[nH]c2-c2ccc(F)cc2)NC1=O)NCCCN1CCOCC1. The minimum Gasteiger partial charge on any atom is -0.379 e. The first kappa shape index (κ1) is 25.4. The van der Waals surface area contributed by atoms with Crippen molar-refractivity contribution in [2.75, 3.05) is 44.7 Å². The molecule has 0 spiro atoms. The first-order valence-electron chi connectivity index (χ1n) is 12.5. The molecule has 2 amide bonds. The summed E-state index contributed by atoms with van der Waals surface area (Å²) in [4.78, 5) is 28.3. The molecule has 0 aliphatic carbocycles. The molecule has 2 aliphatic heterocycles. The summed E-state index contributed by atoms with van der Waals surface area (Å²) >= 11 is 1.43. The molecule has 2 unspecified atom stereocenters. The number of carbonyl (C=O) groups is 2. The van der Waals surface area contributed by atoms with Crippen molar-refractivity contribution in [2.24, 2.45) is 0 Å². The normalized spacial score (nSPS) is 20.1. The van der Waals surface area contributed by atoms with E-state index in [1.807, 2.05) is 30.3 Å². The minimum absolute atomic E-state index is 0.0667. The Morgan fingerprint density at radius 3 is 2.65 bits per heavy atom. The maximum Gasteiger partial charge on any atom is 0.239 e. The van der Waals surface area contributed by atoms with Gasteiger partial charge in [0.25, 0.3) is 0 Å². The lowest BCUT2D eigenvalue weighted by molar-refractivity contribution is -0.124. The molecule has 1 saturated heterocycles. The number of aromatic nitrogens is 2. The van der Waals surface area contributed by atoms with E-state index in [0.717, 1.165) is 56.0 Å². The zero-order valence-electron chi connectivity index (χ0n) is 20.4. The molecule has 3 N–H and O–H groups in total. The Bertz CT molecular complexity index is 1210. The quantitative estimate of drug-likeness (QED) is 0.391. The zero-order valence-corrected chi connectivity index (χ0v) is 21.2. The number of rotatable bonds is 8. The Morgan fingerprint density at radius 2 is 1.89 bits per heavy atom. The van der Waals surface area contributed by atoms with Gasteiger partial charge in [0.15, 0.2) is 5.82 Å². The summed E-state index contributed by atoms with van der Waals surface area (Å²) in [6, 6.07) is 16.0. The number of benzene rings is 2. The number of anilines is 1. The van der Waals surface area contributed by atoms with Crippen molar-refractivity contribution in [3.05, 3.63) is 71.5 Å². The lowest BCUT2D eigenvalue weighted by Crippen LogP contribution is -2.38. The molecule has 0 bridgehead atoms. The Labute approximate surface area is 219 Å². The largest absolute Gasteiger partial charge is 0.379 e. The summed E-state index contributed by atoms with van der Waals surface area (Å²) in [5.41, 5.74) is 3.28. The number of ether oxygens (including phenoxy) is 1. The highest BCUT2D eigenvalue weighted by molar-refractivity contribution is 8.01. The number of halogens is 1. The van der Waals surface area contributed by atoms with Crippen LogP contribution in [-0.2, 0) is 14.3 Å². The lowest BCUT2D eigenvalue weighted by Gasteiger charge is -2.26. The third kappa shape index (κ3) is 6.20. The summed E-state index contributed by atoms with van der Waals surface area (Å²) in [5, 5.41) is 12.4. The van der Waals surface area contributed by atoms with Crippen LogP contribution in [0.5, 0.6) is 0 Å². The van der Waals surface area contributed by atoms with Gasteiger partial charge < -0.3 is 15.4 Å². The highest BCUT2D eigenvalue weighted by Gasteiger charge is 2.36. The second kappa shape index (κ2) is 11.9. The summed E-state index contributed by atoms with van der Waals surface area (Å²) in [5.74, 6) is -0.307. The lowest BCUT2D eigenvalue weighted by atomic mass is 10.00. The van der Waals surface area contributed by atoms with Crippen molar-refractivity contribution < 1.29 is 18.7 Å². The number of morpholine rings is 1. The van der Waals surface area contributed by atoms with Gasteiger partial charge in [0.1, 0.15) is 5.82 Å². The molecule has 2 atom stereocenters. The molecule has 2 aliphatic rings. The van der Waals surface area contributed by atoms with E-state index in [1.54, 1.807) is 12.1 Å². The first-order valence-corrected chi connectivity index (χ1v) is 13.4. The van der Waals surface area contributed by atoms with Crippen LogP contribution in [0.1, 0.15) is 29.2 Å².